The maximum atomic E-state index is 13.1. The number of hydrogen-bond donors (Lipinski definition) is 0. The summed E-state index contributed by atoms with van der Waals surface area (Å²) >= 11 is 5.77. The second kappa shape index (κ2) is 6.48. The zero-order valence-corrected chi connectivity index (χ0v) is 13.8. The van der Waals surface area contributed by atoms with E-state index in [1.807, 2.05) is 0 Å². The molecule has 0 N–H and O–H groups in total. The highest BCUT2D eigenvalue weighted by Gasteiger charge is 2.32. The number of ketones is 1. The van der Waals surface area contributed by atoms with Gasteiger partial charge in [0.05, 0.1) is 5.02 Å². The van der Waals surface area contributed by atoms with Crippen LogP contribution in [0.3, 0.4) is 0 Å². The maximum absolute atomic E-state index is 13.1. The van der Waals surface area contributed by atoms with Crippen LogP contribution in [-0.2, 0) is 11.2 Å². The van der Waals surface area contributed by atoms with Gasteiger partial charge >= 0.3 is 0 Å². The third-order valence-electron chi connectivity index (χ3n) is 4.77. The van der Waals surface area contributed by atoms with Gasteiger partial charge in [0.15, 0.2) is 0 Å². The van der Waals surface area contributed by atoms with Gasteiger partial charge < -0.3 is 0 Å². The van der Waals surface area contributed by atoms with Crippen LogP contribution in [0.25, 0.3) is 0 Å². The van der Waals surface area contributed by atoms with Gasteiger partial charge in [-0.1, -0.05) is 38.4 Å². The first-order valence-electron chi connectivity index (χ1n) is 7.74. The lowest BCUT2D eigenvalue weighted by Gasteiger charge is -2.36. The Morgan fingerprint density at radius 2 is 1.86 bits per heavy atom. The molecule has 0 aromatic heterocycles. The molecule has 1 aliphatic carbocycles. The van der Waals surface area contributed by atoms with Crippen LogP contribution in [0.4, 0.5) is 4.39 Å². The molecule has 0 unspecified atom stereocenters. The van der Waals surface area contributed by atoms with Crippen molar-refractivity contribution in [3.8, 4) is 0 Å². The molecule has 0 saturated heterocycles. The molecular weight excluding hydrogens is 287 g/mol. The van der Waals surface area contributed by atoms with Crippen LogP contribution in [0, 0.1) is 23.1 Å². The van der Waals surface area contributed by atoms with Crippen molar-refractivity contribution in [1.82, 2.24) is 0 Å². The fraction of sp³-hybridized carbons (Fsp3) is 0.611. The molecule has 2 rings (SSSR count). The van der Waals surface area contributed by atoms with E-state index in [1.165, 1.54) is 6.07 Å². The second-order valence-electron chi connectivity index (χ2n) is 7.31. The maximum Gasteiger partial charge on any atom is 0.141 e. The highest BCUT2D eigenvalue weighted by molar-refractivity contribution is 6.30. The molecule has 3 heteroatoms. The van der Waals surface area contributed by atoms with Gasteiger partial charge in [-0.25, -0.2) is 4.39 Å². The van der Waals surface area contributed by atoms with Gasteiger partial charge in [0.1, 0.15) is 11.6 Å². The van der Waals surface area contributed by atoms with Crippen LogP contribution in [0.2, 0.25) is 5.02 Å². The van der Waals surface area contributed by atoms with Crippen molar-refractivity contribution < 1.29 is 9.18 Å². The first-order valence-corrected chi connectivity index (χ1v) is 8.12. The topological polar surface area (TPSA) is 17.1 Å². The number of Topliss-reactive ketones (excluding diaryl/α,β-unsaturated/α-hetero) is 1. The average Bonchev–Trinajstić information content (AvgIpc) is 2.42. The lowest BCUT2D eigenvalue weighted by atomic mass is 9.69. The van der Waals surface area contributed by atoms with Gasteiger partial charge in [-0.2, -0.15) is 0 Å². The summed E-state index contributed by atoms with van der Waals surface area (Å²) in [6.07, 6.45) is 4.59. The molecule has 0 spiro atoms. The Bertz CT molecular complexity index is 510. The molecule has 21 heavy (non-hydrogen) atoms. The normalized spacial score (nSPS) is 23.1. The molecule has 1 fully saturated rings. The summed E-state index contributed by atoms with van der Waals surface area (Å²) < 4.78 is 13.1. The Hall–Kier alpha value is -0.890. The summed E-state index contributed by atoms with van der Waals surface area (Å²) in [5, 5.41) is 0.0942. The Kier molecular flexibility index (Phi) is 5.08. The Morgan fingerprint density at radius 3 is 2.38 bits per heavy atom. The minimum atomic E-state index is -0.432. The van der Waals surface area contributed by atoms with Gasteiger partial charge in [-0.3, -0.25) is 4.79 Å². The van der Waals surface area contributed by atoms with Crippen LogP contribution >= 0.6 is 11.6 Å². The largest absolute Gasteiger partial charge is 0.299 e. The molecule has 0 radical (unpaired) electrons. The minimum Gasteiger partial charge on any atom is -0.299 e. The van der Waals surface area contributed by atoms with E-state index in [4.69, 9.17) is 11.6 Å². The fourth-order valence-corrected chi connectivity index (χ4v) is 3.48. The molecule has 0 amide bonds. The lowest BCUT2D eigenvalue weighted by molar-refractivity contribution is -0.123. The first-order chi connectivity index (χ1) is 9.77. The molecule has 0 atom stereocenters. The summed E-state index contributed by atoms with van der Waals surface area (Å²) in [5.74, 6) is 0.706. The van der Waals surface area contributed by atoms with E-state index in [0.29, 0.717) is 17.8 Å². The van der Waals surface area contributed by atoms with Crippen LogP contribution in [0.5, 0.6) is 0 Å². The number of carbonyl (C=O) groups is 1. The highest BCUT2D eigenvalue weighted by Crippen LogP contribution is 2.40. The van der Waals surface area contributed by atoms with E-state index >= 15 is 0 Å². The quantitative estimate of drug-likeness (QED) is 0.726. The van der Waals surface area contributed by atoms with E-state index in [0.717, 1.165) is 31.2 Å². The van der Waals surface area contributed by atoms with E-state index in [2.05, 4.69) is 20.8 Å². The standard InChI is InChI=1S/C18H24ClFO/c1-18(2,3)14-7-5-13(6-8-14)17(21)11-12-4-9-16(20)15(19)10-12/h4,9-10,13-14H,5-8,11H2,1-3H3. The molecule has 1 aromatic carbocycles. The first kappa shape index (κ1) is 16.5. The number of benzene rings is 1. The van der Waals surface area contributed by atoms with Crippen molar-refractivity contribution in [3.05, 3.63) is 34.6 Å². The molecule has 1 aliphatic rings. The van der Waals surface area contributed by atoms with Crippen molar-refractivity contribution >= 4 is 17.4 Å². The fourth-order valence-electron chi connectivity index (χ4n) is 3.28. The summed E-state index contributed by atoms with van der Waals surface area (Å²) in [4.78, 5) is 12.4. The predicted molar refractivity (Wildman–Crippen MR) is 85.0 cm³/mol. The summed E-state index contributed by atoms with van der Waals surface area (Å²) in [6.45, 7) is 6.83. The molecule has 1 nitrogen and oxygen atoms in total. The van der Waals surface area contributed by atoms with E-state index in [-0.39, 0.29) is 16.7 Å². The number of halogens is 2. The third-order valence-corrected chi connectivity index (χ3v) is 5.06. The third kappa shape index (κ3) is 4.29. The minimum absolute atomic E-state index is 0.0942. The van der Waals surface area contributed by atoms with Crippen molar-refractivity contribution in [2.75, 3.05) is 0 Å². The zero-order chi connectivity index (χ0) is 15.6. The molecule has 1 saturated carbocycles. The lowest BCUT2D eigenvalue weighted by Crippen LogP contribution is -2.29. The van der Waals surface area contributed by atoms with Gasteiger partial charge in [0.2, 0.25) is 0 Å². The Balaban J connectivity index is 1.92. The Labute approximate surface area is 131 Å². The van der Waals surface area contributed by atoms with E-state index in [9.17, 15) is 9.18 Å². The molecule has 0 bridgehead atoms. The number of hydrogen-bond acceptors (Lipinski definition) is 1. The molecular formula is C18H24ClFO. The van der Waals surface area contributed by atoms with Crippen molar-refractivity contribution in [1.29, 1.82) is 0 Å². The summed E-state index contributed by atoms with van der Waals surface area (Å²) in [6, 6.07) is 4.55. The van der Waals surface area contributed by atoms with Crippen LogP contribution in [0.15, 0.2) is 18.2 Å². The molecule has 1 aromatic rings. The Morgan fingerprint density at radius 1 is 1.24 bits per heavy atom. The summed E-state index contributed by atoms with van der Waals surface area (Å²) in [7, 11) is 0. The van der Waals surface area contributed by atoms with Crippen molar-refractivity contribution in [2.45, 2.75) is 52.9 Å². The molecule has 0 heterocycles. The average molecular weight is 311 g/mol. The van der Waals surface area contributed by atoms with E-state index < -0.39 is 5.82 Å². The van der Waals surface area contributed by atoms with E-state index in [1.54, 1.807) is 12.1 Å². The predicted octanol–water partition coefficient (Wildman–Crippen LogP) is 5.44. The SMILES string of the molecule is CC(C)(C)C1CCC(C(=O)Cc2ccc(F)c(Cl)c2)CC1. The van der Waals surface area contributed by atoms with Crippen LogP contribution in [0.1, 0.15) is 52.0 Å². The van der Waals surface area contributed by atoms with Crippen LogP contribution in [-0.4, -0.2) is 5.78 Å². The van der Waals surface area contributed by atoms with Gasteiger partial charge in [-0.05, 0) is 54.7 Å². The zero-order valence-electron chi connectivity index (χ0n) is 13.1. The van der Waals surface area contributed by atoms with Crippen LogP contribution < -0.4 is 0 Å². The van der Waals surface area contributed by atoms with Gasteiger partial charge in [0, 0.05) is 12.3 Å². The second-order valence-corrected chi connectivity index (χ2v) is 7.71. The smallest absolute Gasteiger partial charge is 0.141 e. The summed E-state index contributed by atoms with van der Waals surface area (Å²) in [5.41, 5.74) is 1.14. The van der Waals surface area contributed by atoms with Crippen molar-refractivity contribution in [2.24, 2.45) is 17.3 Å². The van der Waals surface area contributed by atoms with Gasteiger partial charge in [0.25, 0.3) is 0 Å². The number of carbonyl (C=O) groups excluding carboxylic acids is 1. The molecule has 116 valence electrons. The van der Waals surface area contributed by atoms with Crippen molar-refractivity contribution in [3.63, 3.8) is 0 Å². The van der Waals surface area contributed by atoms with Gasteiger partial charge in [-0.15, -0.1) is 0 Å². The monoisotopic (exact) mass is 310 g/mol. The highest BCUT2D eigenvalue weighted by atomic mass is 35.5. The number of rotatable bonds is 3. The molecule has 0 aliphatic heterocycles.